The van der Waals surface area contributed by atoms with Crippen molar-refractivity contribution in [3.8, 4) is 0 Å². The lowest BCUT2D eigenvalue weighted by atomic mass is 10.2. The number of carbonyl (C=O) groups is 2. The zero-order valence-corrected chi connectivity index (χ0v) is 8.82. The van der Waals surface area contributed by atoms with Gasteiger partial charge in [-0.05, 0) is 26.5 Å². The van der Waals surface area contributed by atoms with Crippen LogP contribution >= 0.6 is 0 Å². The van der Waals surface area contributed by atoms with Crippen molar-refractivity contribution in [2.75, 3.05) is 0 Å². The second kappa shape index (κ2) is 6.18. The summed E-state index contributed by atoms with van der Waals surface area (Å²) in [5, 5.41) is 0. The van der Waals surface area contributed by atoms with Crippen LogP contribution in [0.3, 0.4) is 0 Å². The fourth-order valence-electron chi connectivity index (χ4n) is 1.14. The Bertz CT molecular complexity index is 224. The van der Waals surface area contributed by atoms with E-state index in [0.717, 1.165) is 0 Å². The molecule has 0 fully saturated rings. The first-order chi connectivity index (χ1) is 6.49. The third kappa shape index (κ3) is 4.64. The third-order valence-electron chi connectivity index (χ3n) is 1.85. The lowest BCUT2D eigenvalue weighted by Crippen LogP contribution is -2.31. The first-order valence-electron chi connectivity index (χ1n) is 4.71. The van der Waals surface area contributed by atoms with E-state index < -0.39 is 0 Å². The van der Waals surface area contributed by atoms with Crippen LogP contribution in [-0.4, -0.2) is 22.8 Å². The van der Waals surface area contributed by atoms with Gasteiger partial charge in [-0.2, -0.15) is 0 Å². The molecular formula is C10H18N2O2. The average Bonchev–Trinajstić information content (AvgIpc) is 2.03. The van der Waals surface area contributed by atoms with Gasteiger partial charge in [0.15, 0.2) is 0 Å². The van der Waals surface area contributed by atoms with Gasteiger partial charge in [-0.25, -0.2) is 0 Å². The van der Waals surface area contributed by atoms with Crippen molar-refractivity contribution < 1.29 is 9.59 Å². The number of hydrogen-bond acceptors (Lipinski definition) is 2. The molecule has 0 radical (unpaired) electrons. The Labute approximate surface area is 84.8 Å². The molecule has 0 aliphatic heterocycles. The summed E-state index contributed by atoms with van der Waals surface area (Å²) < 4.78 is 0. The van der Waals surface area contributed by atoms with Gasteiger partial charge in [0.05, 0.1) is 0 Å². The molecule has 80 valence electrons. The van der Waals surface area contributed by atoms with Crippen LogP contribution in [0.1, 0.15) is 33.1 Å². The highest BCUT2D eigenvalue weighted by molar-refractivity contribution is 5.79. The standard InChI is InChI=1S/C10H18N2O2/c1-4-12(8(2)3)10(14)7-5-6-9(11)13/h4,8H,1,5-7H2,2-3H3,(H2,11,13). The minimum atomic E-state index is -0.368. The van der Waals surface area contributed by atoms with E-state index in [9.17, 15) is 9.59 Å². The molecule has 0 spiro atoms. The molecule has 0 aromatic rings. The van der Waals surface area contributed by atoms with Crippen molar-refractivity contribution in [2.24, 2.45) is 5.73 Å². The number of rotatable bonds is 6. The van der Waals surface area contributed by atoms with Crippen LogP contribution in [0.25, 0.3) is 0 Å². The minimum Gasteiger partial charge on any atom is -0.370 e. The number of nitrogens with zero attached hydrogens (tertiary/aromatic N) is 1. The highest BCUT2D eigenvalue weighted by Gasteiger charge is 2.13. The minimum absolute atomic E-state index is 0.0174. The molecule has 0 rings (SSSR count). The molecule has 0 heterocycles. The highest BCUT2D eigenvalue weighted by Crippen LogP contribution is 2.05. The Morgan fingerprint density at radius 1 is 1.43 bits per heavy atom. The summed E-state index contributed by atoms with van der Waals surface area (Å²) in [5.74, 6) is -0.385. The summed E-state index contributed by atoms with van der Waals surface area (Å²) >= 11 is 0. The van der Waals surface area contributed by atoms with Gasteiger partial charge in [0.1, 0.15) is 0 Å². The first kappa shape index (κ1) is 12.7. The highest BCUT2D eigenvalue weighted by atomic mass is 16.2. The van der Waals surface area contributed by atoms with Crippen molar-refractivity contribution in [3.63, 3.8) is 0 Å². The summed E-state index contributed by atoms with van der Waals surface area (Å²) in [5.41, 5.74) is 4.96. The number of nitrogens with two attached hydrogens (primary N) is 1. The molecular weight excluding hydrogens is 180 g/mol. The predicted molar refractivity (Wildman–Crippen MR) is 55.2 cm³/mol. The lowest BCUT2D eigenvalue weighted by molar-refractivity contribution is -0.130. The molecule has 0 saturated heterocycles. The van der Waals surface area contributed by atoms with Crippen LogP contribution in [0.2, 0.25) is 0 Å². The Hall–Kier alpha value is -1.32. The fraction of sp³-hybridized carbons (Fsp3) is 0.600. The Kier molecular flexibility index (Phi) is 5.60. The molecule has 4 heteroatoms. The van der Waals surface area contributed by atoms with Crippen molar-refractivity contribution in [1.29, 1.82) is 0 Å². The second-order valence-electron chi connectivity index (χ2n) is 3.40. The molecule has 0 atom stereocenters. The van der Waals surface area contributed by atoms with Gasteiger partial charge >= 0.3 is 0 Å². The summed E-state index contributed by atoms with van der Waals surface area (Å²) in [4.78, 5) is 23.5. The Morgan fingerprint density at radius 2 is 2.00 bits per heavy atom. The zero-order chi connectivity index (χ0) is 11.1. The number of primary amides is 1. The van der Waals surface area contributed by atoms with E-state index in [1.165, 1.54) is 6.20 Å². The van der Waals surface area contributed by atoms with Crippen LogP contribution in [-0.2, 0) is 9.59 Å². The van der Waals surface area contributed by atoms with E-state index in [1.807, 2.05) is 13.8 Å². The fourth-order valence-corrected chi connectivity index (χ4v) is 1.14. The van der Waals surface area contributed by atoms with Gasteiger partial charge in [-0.15, -0.1) is 0 Å². The second-order valence-corrected chi connectivity index (χ2v) is 3.40. The van der Waals surface area contributed by atoms with E-state index in [1.54, 1.807) is 4.90 Å². The number of carbonyl (C=O) groups excluding carboxylic acids is 2. The SMILES string of the molecule is C=CN(C(=O)CCCC(N)=O)C(C)C. The van der Waals surface area contributed by atoms with E-state index in [4.69, 9.17) is 5.73 Å². The summed E-state index contributed by atoms with van der Waals surface area (Å²) in [7, 11) is 0. The van der Waals surface area contributed by atoms with Crippen LogP contribution in [0.4, 0.5) is 0 Å². The Morgan fingerprint density at radius 3 is 2.36 bits per heavy atom. The molecule has 2 amide bonds. The van der Waals surface area contributed by atoms with Crippen molar-refractivity contribution in [2.45, 2.75) is 39.2 Å². The molecule has 0 aromatic heterocycles. The summed E-state index contributed by atoms with van der Waals surface area (Å²) in [6.07, 6.45) is 2.62. The van der Waals surface area contributed by atoms with Crippen LogP contribution in [0.15, 0.2) is 12.8 Å². The van der Waals surface area contributed by atoms with E-state index >= 15 is 0 Å². The molecule has 0 saturated carbocycles. The summed E-state index contributed by atoms with van der Waals surface area (Å²) in [6.45, 7) is 7.38. The molecule has 0 unspecified atom stereocenters. The largest absolute Gasteiger partial charge is 0.370 e. The summed E-state index contributed by atoms with van der Waals surface area (Å²) in [6, 6.07) is 0.105. The van der Waals surface area contributed by atoms with Gasteiger partial charge in [-0.1, -0.05) is 6.58 Å². The van der Waals surface area contributed by atoms with Gasteiger partial charge in [0, 0.05) is 18.9 Å². The molecule has 0 bridgehead atoms. The smallest absolute Gasteiger partial charge is 0.226 e. The maximum absolute atomic E-state index is 11.5. The van der Waals surface area contributed by atoms with Crippen LogP contribution < -0.4 is 5.73 Å². The lowest BCUT2D eigenvalue weighted by Gasteiger charge is -2.21. The maximum Gasteiger partial charge on any atom is 0.226 e. The normalized spacial score (nSPS) is 9.93. The molecule has 0 aliphatic rings. The van der Waals surface area contributed by atoms with E-state index in [2.05, 4.69) is 6.58 Å². The topological polar surface area (TPSA) is 63.4 Å². The molecule has 2 N–H and O–H groups in total. The molecule has 14 heavy (non-hydrogen) atoms. The van der Waals surface area contributed by atoms with Crippen molar-refractivity contribution >= 4 is 11.8 Å². The predicted octanol–water partition coefficient (Wildman–Crippen LogP) is 1.02. The van der Waals surface area contributed by atoms with E-state index in [-0.39, 0.29) is 24.3 Å². The quantitative estimate of drug-likeness (QED) is 0.692. The molecule has 0 aliphatic carbocycles. The van der Waals surface area contributed by atoms with Gasteiger partial charge in [0.25, 0.3) is 0 Å². The van der Waals surface area contributed by atoms with Crippen LogP contribution in [0.5, 0.6) is 0 Å². The van der Waals surface area contributed by atoms with Crippen LogP contribution in [0, 0.1) is 0 Å². The number of hydrogen-bond donors (Lipinski definition) is 1. The third-order valence-corrected chi connectivity index (χ3v) is 1.85. The first-order valence-corrected chi connectivity index (χ1v) is 4.71. The zero-order valence-electron chi connectivity index (χ0n) is 8.82. The van der Waals surface area contributed by atoms with Gasteiger partial charge in [-0.3, -0.25) is 9.59 Å². The van der Waals surface area contributed by atoms with Gasteiger partial charge in [0.2, 0.25) is 11.8 Å². The van der Waals surface area contributed by atoms with Crippen molar-refractivity contribution in [1.82, 2.24) is 4.90 Å². The number of amides is 2. The molecule has 0 aromatic carbocycles. The van der Waals surface area contributed by atoms with Crippen molar-refractivity contribution in [3.05, 3.63) is 12.8 Å². The molecule has 4 nitrogen and oxygen atoms in total. The Balaban J connectivity index is 3.93. The maximum atomic E-state index is 11.5. The average molecular weight is 198 g/mol. The van der Waals surface area contributed by atoms with E-state index in [0.29, 0.717) is 12.8 Å². The van der Waals surface area contributed by atoms with Gasteiger partial charge < -0.3 is 10.6 Å². The monoisotopic (exact) mass is 198 g/mol.